The van der Waals surface area contributed by atoms with Crippen molar-refractivity contribution in [2.75, 3.05) is 13.2 Å². The molecule has 0 aliphatic rings. The van der Waals surface area contributed by atoms with E-state index in [0.29, 0.717) is 0 Å². The molecule has 4 N–H and O–H groups in total. The van der Waals surface area contributed by atoms with Gasteiger partial charge in [-0.15, -0.1) is 0 Å². The van der Waals surface area contributed by atoms with Gasteiger partial charge in [-0.1, -0.05) is 0 Å². The van der Waals surface area contributed by atoms with Gasteiger partial charge in [-0.3, -0.25) is 19.7 Å². The maximum atomic E-state index is 11.5. The van der Waals surface area contributed by atoms with Gasteiger partial charge in [0, 0.05) is 12.6 Å². The lowest BCUT2D eigenvalue weighted by Gasteiger charge is -2.08. The van der Waals surface area contributed by atoms with Gasteiger partial charge in [-0.25, -0.2) is 0 Å². The van der Waals surface area contributed by atoms with Gasteiger partial charge in [0.15, 0.2) is 0 Å². The van der Waals surface area contributed by atoms with Crippen molar-refractivity contribution in [3.63, 3.8) is 0 Å². The van der Waals surface area contributed by atoms with E-state index in [1.165, 1.54) is 0 Å². The zero-order valence-electron chi connectivity index (χ0n) is 9.12. The molecule has 0 aliphatic carbocycles. The molecule has 0 bridgehead atoms. The predicted octanol–water partition coefficient (Wildman–Crippen LogP) is -1.63. The normalized spacial score (nSPS) is 11.9. The third-order valence-electron chi connectivity index (χ3n) is 2.05. The van der Waals surface area contributed by atoms with E-state index in [4.69, 9.17) is 10.2 Å². The molecule has 18 heavy (non-hydrogen) atoms. The fourth-order valence-corrected chi connectivity index (χ4v) is 1.12. The predicted molar refractivity (Wildman–Crippen MR) is 59.1 cm³/mol. The highest BCUT2D eigenvalue weighted by Crippen LogP contribution is 2.07. The number of aromatic nitrogens is 1. The van der Waals surface area contributed by atoms with Crippen LogP contribution in [-0.2, 0) is 0 Å². The number of nitrogens with zero attached hydrogens (tertiary/aromatic N) is 1. The number of nitrogens with one attached hydrogen (secondary N) is 2. The van der Waals surface area contributed by atoms with E-state index >= 15 is 0 Å². The first-order valence-electron chi connectivity index (χ1n) is 4.90. The second-order valence-corrected chi connectivity index (χ2v) is 3.40. The van der Waals surface area contributed by atoms with Gasteiger partial charge in [0.1, 0.15) is 5.56 Å². The Kier molecular flexibility index (Phi) is 4.52. The molecule has 9 nitrogen and oxygen atoms in total. The highest BCUT2D eigenvalue weighted by atomic mass is 16.6. The highest BCUT2D eigenvalue weighted by molar-refractivity contribution is 5.94. The van der Waals surface area contributed by atoms with Gasteiger partial charge in [0.25, 0.3) is 17.2 Å². The molecule has 1 heterocycles. The molecular weight excluding hydrogens is 246 g/mol. The molecule has 0 saturated heterocycles. The number of rotatable bonds is 5. The number of carbonyl (C=O) groups is 1. The molecule has 0 aromatic carbocycles. The van der Waals surface area contributed by atoms with Crippen molar-refractivity contribution in [2.45, 2.75) is 6.10 Å². The van der Waals surface area contributed by atoms with E-state index in [1.807, 2.05) is 0 Å². The summed E-state index contributed by atoms with van der Waals surface area (Å²) >= 11 is 0. The maximum absolute atomic E-state index is 11.5. The lowest BCUT2D eigenvalue weighted by Crippen LogP contribution is -2.36. The molecule has 1 amide bonds. The Balaban J connectivity index is 2.88. The molecule has 0 spiro atoms. The number of amides is 1. The molecule has 1 aromatic heterocycles. The average molecular weight is 257 g/mol. The fourth-order valence-electron chi connectivity index (χ4n) is 1.12. The monoisotopic (exact) mass is 257 g/mol. The first kappa shape index (κ1) is 13.8. The Morgan fingerprint density at radius 2 is 2.28 bits per heavy atom. The van der Waals surface area contributed by atoms with Crippen molar-refractivity contribution in [1.29, 1.82) is 0 Å². The van der Waals surface area contributed by atoms with Crippen molar-refractivity contribution in [3.05, 3.63) is 38.3 Å². The number of hydrogen-bond donors (Lipinski definition) is 4. The summed E-state index contributed by atoms with van der Waals surface area (Å²) in [6, 6.07) is 0.833. The van der Waals surface area contributed by atoms with E-state index in [0.717, 1.165) is 12.3 Å². The summed E-state index contributed by atoms with van der Waals surface area (Å²) in [5, 5.41) is 30.2. The Bertz CT molecular complexity index is 511. The number of carbonyl (C=O) groups excluding carboxylic acids is 1. The second kappa shape index (κ2) is 5.89. The fraction of sp³-hybridized carbons (Fsp3) is 0.333. The van der Waals surface area contributed by atoms with Crippen LogP contribution in [0.4, 0.5) is 5.69 Å². The Labute approximate surface area is 100 Å². The number of pyridine rings is 1. The van der Waals surface area contributed by atoms with Gasteiger partial charge < -0.3 is 20.5 Å². The van der Waals surface area contributed by atoms with Gasteiger partial charge in [0.05, 0.1) is 23.8 Å². The van der Waals surface area contributed by atoms with Crippen molar-refractivity contribution >= 4 is 11.6 Å². The minimum absolute atomic E-state index is 0.266. The molecule has 0 radical (unpaired) electrons. The van der Waals surface area contributed by atoms with Crippen molar-refractivity contribution in [2.24, 2.45) is 0 Å². The highest BCUT2D eigenvalue weighted by Gasteiger charge is 2.16. The standard InChI is InChI=1S/C9H11N3O6/c13-4-6(14)3-11-9(16)7-1-5(12(17)18)2-10-8(7)15/h1-2,6,13-14H,3-4H2,(H,10,15)(H,11,16). The van der Waals surface area contributed by atoms with Crippen molar-refractivity contribution < 1.29 is 19.9 Å². The maximum Gasteiger partial charge on any atom is 0.286 e. The molecule has 0 aliphatic heterocycles. The van der Waals surface area contributed by atoms with Gasteiger partial charge >= 0.3 is 0 Å². The molecule has 1 aromatic rings. The SMILES string of the molecule is O=C(NCC(O)CO)c1cc([N+](=O)[O-])c[nH]c1=O. The van der Waals surface area contributed by atoms with E-state index in [2.05, 4.69) is 10.3 Å². The average Bonchev–Trinajstić information content (AvgIpc) is 2.35. The van der Waals surface area contributed by atoms with Crippen LogP contribution in [-0.4, -0.2) is 45.3 Å². The van der Waals surface area contributed by atoms with E-state index in [1.54, 1.807) is 0 Å². The quantitative estimate of drug-likeness (QED) is 0.368. The van der Waals surface area contributed by atoms with Crippen molar-refractivity contribution in [1.82, 2.24) is 10.3 Å². The van der Waals surface area contributed by atoms with Crippen LogP contribution in [0.15, 0.2) is 17.1 Å². The summed E-state index contributed by atoms with van der Waals surface area (Å²) in [5.74, 6) is -0.868. The van der Waals surface area contributed by atoms with E-state index in [9.17, 15) is 19.7 Å². The number of hydrogen-bond acceptors (Lipinski definition) is 6. The first-order chi connectivity index (χ1) is 8.45. The molecule has 1 rings (SSSR count). The van der Waals surface area contributed by atoms with Crippen LogP contribution < -0.4 is 10.9 Å². The summed E-state index contributed by atoms with van der Waals surface area (Å²) in [6.45, 7) is -0.816. The molecule has 98 valence electrons. The number of aliphatic hydroxyl groups is 2. The number of H-pyrrole nitrogens is 1. The number of aliphatic hydroxyl groups excluding tert-OH is 2. The lowest BCUT2D eigenvalue weighted by molar-refractivity contribution is -0.385. The Morgan fingerprint density at radius 3 is 2.83 bits per heavy atom. The third-order valence-corrected chi connectivity index (χ3v) is 2.05. The summed E-state index contributed by atoms with van der Waals surface area (Å²) in [5.41, 5.74) is -1.65. The summed E-state index contributed by atoms with van der Waals surface area (Å²) < 4.78 is 0. The zero-order valence-corrected chi connectivity index (χ0v) is 9.12. The van der Waals surface area contributed by atoms with Crippen LogP contribution in [0.5, 0.6) is 0 Å². The summed E-state index contributed by atoms with van der Waals surface area (Å²) in [4.78, 5) is 34.6. The smallest absolute Gasteiger partial charge is 0.286 e. The second-order valence-electron chi connectivity index (χ2n) is 3.40. The van der Waals surface area contributed by atoms with Gasteiger partial charge in [-0.2, -0.15) is 0 Å². The minimum Gasteiger partial charge on any atom is -0.394 e. The van der Waals surface area contributed by atoms with E-state index in [-0.39, 0.29) is 6.54 Å². The Hall–Kier alpha value is -2.26. The molecule has 9 heteroatoms. The van der Waals surface area contributed by atoms with Crippen LogP contribution >= 0.6 is 0 Å². The lowest BCUT2D eigenvalue weighted by atomic mass is 10.2. The van der Waals surface area contributed by atoms with Crippen molar-refractivity contribution in [3.8, 4) is 0 Å². The third kappa shape index (κ3) is 3.37. The number of aromatic amines is 1. The van der Waals surface area contributed by atoms with Crippen LogP contribution in [0, 0.1) is 10.1 Å². The topological polar surface area (TPSA) is 146 Å². The molecular formula is C9H11N3O6. The molecule has 1 unspecified atom stereocenters. The molecule has 0 fully saturated rings. The Morgan fingerprint density at radius 1 is 1.61 bits per heavy atom. The number of nitro groups is 1. The molecule has 0 saturated carbocycles. The minimum atomic E-state index is -1.16. The van der Waals surface area contributed by atoms with Crippen LogP contribution in [0.1, 0.15) is 10.4 Å². The van der Waals surface area contributed by atoms with Gasteiger partial charge in [-0.05, 0) is 0 Å². The van der Waals surface area contributed by atoms with Crippen LogP contribution in [0.3, 0.4) is 0 Å². The van der Waals surface area contributed by atoms with Crippen LogP contribution in [0.2, 0.25) is 0 Å². The first-order valence-corrected chi connectivity index (χ1v) is 4.90. The van der Waals surface area contributed by atoms with Gasteiger partial charge in [0.2, 0.25) is 0 Å². The zero-order chi connectivity index (χ0) is 13.7. The molecule has 1 atom stereocenters. The summed E-state index contributed by atoms with van der Waals surface area (Å²) in [7, 11) is 0. The summed E-state index contributed by atoms with van der Waals surface area (Å²) in [6.07, 6.45) is -0.284. The van der Waals surface area contributed by atoms with Crippen LogP contribution in [0.25, 0.3) is 0 Å². The largest absolute Gasteiger partial charge is 0.394 e. The van der Waals surface area contributed by atoms with E-state index < -0.39 is 40.4 Å².